The molecular formula is C15H13Br2FO4S. The van der Waals surface area contributed by atoms with Gasteiger partial charge in [0, 0.05) is 16.2 Å². The lowest BCUT2D eigenvalue weighted by Gasteiger charge is -2.11. The van der Waals surface area contributed by atoms with Crippen LogP contribution < -0.4 is 8.92 Å². The molecular weight excluding hydrogens is 455 g/mol. The van der Waals surface area contributed by atoms with Crippen molar-refractivity contribution in [2.24, 2.45) is 0 Å². The second kappa shape index (κ2) is 8.12. The van der Waals surface area contributed by atoms with Crippen molar-refractivity contribution in [2.45, 2.75) is 17.3 Å². The SMILES string of the molecule is O=S(=O)(F)Oc1ccc(COc2ccc(CBr)cc2CBr)cc1. The molecule has 0 atom stereocenters. The maximum atomic E-state index is 12.4. The molecule has 4 nitrogen and oxygen atoms in total. The van der Waals surface area contributed by atoms with Gasteiger partial charge in [-0.3, -0.25) is 0 Å². The van der Waals surface area contributed by atoms with Gasteiger partial charge < -0.3 is 8.92 Å². The van der Waals surface area contributed by atoms with E-state index in [9.17, 15) is 12.3 Å². The highest BCUT2D eigenvalue weighted by molar-refractivity contribution is 9.08. The molecule has 2 aromatic carbocycles. The van der Waals surface area contributed by atoms with E-state index in [1.165, 1.54) is 12.1 Å². The first kappa shape index (κ1) is 18.2. The van der Waals surface area contributed by atoms with Crippen LogP contribution in [0.1, 0.15) is 16.7 Å². The van der Waals surface area contributed by atoms with Gasteiger partial charge in [0.15, 0.2) is 0 Å². The van der Waals surface area contributed by atoms with Gasteiger partial charge in [-0.25, -0.2) is 0 Å². The van der Waals surface area contributed by atoms with E-state index in [4.69, 9.17) is 4.74 Å². The van der Waals surface area contributed by atoms with Gasteiger partial charge in [-0.1, -0.05) is 60.0 Å². The van der Waals surface area contributed by atoms with Crippen LogP contribution in [-0.4, -0.2) is 8.42 Å². The lowest BCUT2D eigenvalue weighted by molar-refractivity contribution is 0.304. The number of ether oxygens (including phenoxy) is 1. The number of halogens is 3. The van der Waals surface area contributed by atoms with E-state index in [1.54, 1.807) is 12.1 Å². The zero-order chi connectivity index (χ0) is 16.9. The van der Waals surface area contributed by atoms with Gasteiger partial charge in [-0.05, 0) is 29.3 Å². The van der Waals surface area contributed by atoms with E-state index in [0.29, 0.717) is 11.9 Å². The molecule has 0 aliphatic carbocycles. The summed E-state index contributed by atoms with van der Waals surface area (Å²) in [5, 5.41) is 1.44. The minimum absolute atomic E-state index is 0.0842. The highest BCUT2D eigenvalue weighted by Gasteiger charge is 2.09. The summed E-state index contributed by atoms with van der Waals surface area (Å²) in [6.45, 7) is 0.302. The van der Waals surface area contributed by atoms with Gasteiger partial charge in [0.05, 0.1) is 0 Å². The third-order valence-electron chi connectivity index (χ3n) is 2.94. The van der Waals surface area contributed by atoms with Crippen LogP contribution in [0.3, 0.4) is 0 Å². The highest BCUT2D eigenvalue weighted by Crippen LogP contribution is 2.25. The molecule has 0 saturated carbocycles. The molecule has 0 bridgehead atoms. The summed E-state index contributed by atoms with van der Waals surface area (Å²) in [4.78, 5) is 0. The maximum absolute atomic E-state index is 12.4. The fourth-order valence-corrected chi connectivity index (χ4v) is 3.01. The molecule has 0 heterocycles. The van der Waals surface area contributed by atoms with Crippen LogP contribution in [0, 0.1) is 0 Å². The Balaban J connectivity index is 2.03. The van der Waals surface area contributed by atoms with E-state index in [-0.39, 0.29) is 5.75 Å². The third-order valence-corrected chi connectivity index (χ3v) is 4.58. The van der Waals surface area contributed by atoms with Crippen molar-refractivity contribution in [3.63, 3.8) is 0 Å². The standard InChI is InChI=1S/C15H13Br2FO4S/c16-8-12-3-6-15(13(7-12)9-17)21-10-11-1-4-14(5-2-11)22-23(18,19)20/h1-7H,8-10H2. The van der Waals surface area contributed by atoms with Gasteiger partial charge in [0.2, 0.25) is 0 Å². The van der Waals surface area contributed by atoms with Crippen LogP contribution in [0.4, 0.5) is 3.89 Å². The molecule has 8 heteroatoms. The van der Waals surface area contributed by atoms with Crippen LogP contribution in [0.5, 0.6) is 11.5 Å². The lowest BCUT2D eigenvalue weighted by atomic mass is 10.1. The lowest BCUT2D eigenvalue weighted by Crippen LogP contribution is -2.02. The summed E-state index contributed by atoms with van der Waals surface area (Å²) in [7, 11) is -5.00. The molecule has 0 radical (unpaired) electrons. The van der Waals surface area contributed by atoms with Gasteiger partial charge in [-0.15, -0.1) is 0 Å². The van der Waals surface area contributed by atoms with E-state index < -0.39 is 10.5 Å². The molecule has 0 aromatic heterocycles. The molecule has 2 aromatic rings. The summed E-state index contributed by atoms with van der Waals surface area (Å²) in [5.41, 5.74) is 2.99. The van der Waals surface area contributed by atoms with Gasteiger partial charge in [-0.2, -0.15) is 8.42 Å². The first-order valence-electron chi connectivity index (χ1n) is 6.51. The van der Waals surface area contributed by atoms with E-state index >= 15 is 0 Å². The predicted molar refractivity (Wildman–Crippen MR) is 93.1 cm³/mol. The number of hydrogen-bond acceptors (Lipinski definition) is 4. The van der Waals surface area contributed by atoms with Crippen molar-refractivity contribution in [3.8, 4) is 11.5 Å². The molecule has 0 unspecified atom stereocenters. The molecule has 0 saturated heterocycles. The molecule has 0 aliphatic heterocycles. The fraction of sp³-hybridized carbons (Fsp3) is 0.200. The molecule has 23 heavy (non-hydrogen) atoms. The van der Waals surface area contributed by atoms with E-state index in [0.717, 1.165) is 27.8 Å². The second-order valence-corrected chi connectivity index (χ2v) is 6.69. The molecule has 124 valence electrons. The van der Waals surface area contributed by atoms with Crippen molar-refractivity contribution in [1.82, 2.24) is 0 Å². The summed E-state index contributed by atoms with van der Waals surface area (Å²) in [5.74, 6) is 0.678. The Hall–Kier alpha value is -1.12. The molecule has 0 fully saturated rings. The molecule has 0 N–H and O–H groups in total. The van der Waals surface area contributed by atoms with Crippen LogP contribution in [-0.2, 0) is 27.8 Å². The van der Waals surface area contributed by atoms with Crippen molar-refractivity contribution < 1.29 is 21.2 Å². The average molecular weight is 468 g/mol. The number of benzene rings is 2. The smallest absolute Gasteiger partial charge is 0.488 e. The highest BCUT2D eigenvalue weighted by atomic mass is 79.9. The van der Waals surface area contributed by atoms with Crippen molar-refractivity contribution in [3.05, 3.63) is 59.2 Å². The monoisotopic (exact) mass is 466 g/mol. The Bertz CT molecular complexity index is 764. The first-order chi connectivity index (χ1) is 10.9. The summed E-state index contributed by atoms with van der Waals surface area (Å²) in [6, 6.07) is 11.9. The normalized spacial score (nSPS) is 11.3. The molecule has 2 rings (SSSR count). The largest absolute Gasteiger partial charge is 0.489 e. The zero-order valence-electron chi connectivity index (χ0n) is 11.8. The quantitative estimate of drug-likeness (QED) is 0.439. The number of rotatable bonds is 7. The molecule has 0 aliphatic rings. The van der Waals surface area contributed by atoms with Crippen LogP contribution in [0.15, 0.2) is 42.5 Å². The van der Waals surface area contributed by atoms with Gasteiger partial charge >= 0.3 is 10.5 Å². The van der Waals surface area contributed by atoms with Crippen molar-refractivity contribution in [1.29, 1.82) is 0 Å². The van der Waals surface area contributed by atoms with Crippen LogP contribution in [0.2, 0.25) is 0 Å². The Kier molecular flexibility index (Phi) is 6.43. The zero-order valence-corrected chi connectivity index (χ0v) is 15.8. The molecule has 0 amide bonds. The Labute approximate surface area is 151 Å². The molecule has 0 spiro atoms. The average Bonchev–Trinajstić information content (AvgIpc) is 2.52. The fourth-order valence-electron chi connectivity index (χ4n) is 1.88. The summed E-state index contributed by atoms with van der Waals surface area (Å²) >= 11 is 6.84. The van der Waals surface area contributed by atoms with Gasteiger partial charge in [0.1, 0.15) is 18.1 Å². The number of alkyl halides is 2. The Morgan fingerprint density at radius 1 is 0.957 bits per heavy atom. The third kappa shape index (κ3) is 5.78. The van der Waals surface area contributed by atoms with Gasteiger partial charge in [0.25, 0.3) is 0 Å². The van der Waals surface area contributed by atoms with Crippen molar-refractivity contribution >= 4 is 42.4 Å². The van der Waals surface area contributed by atoms with E-state index in [1.807, 2.05) is 18.2 Å². The van der Waals surface area contributed by atoms with Crippen molar-refractivity contribution in [2.75, 3.05) is 0 Å². The Morgan fingerprint density at radius 2 is 1.61 bits per heavy atom. The first-order valence-corrected chi connectivity index (χ1v) is 10.1. The Morgan fingerprint density at radius 3 is 2.17 bits per heavy atom. The minimum atomic E-state index is -5.00. The number of hydrogen-bond donors (Lipinski definition) is 0. The van der Waals surface area contributed by atoms with E-state index in [2.05, 4.69) is 36.0 Å². The second-order valence-electron chi connectivity index (χ2n) is 4.62. The maximum Gasteiger partial charge on any atom is 0.488 e. The topological polar surface area (TPSA) is 52.6 Å². The van der Waals surface area contributed by atoms with Crippen LogP contribution in [0.25, 0.3) is 0 Å². The summed E-state index contributed by atoms with van der Waals surface area (Å²) < 4.78 is 43.1. The summed E-state index contributed by atoms with van der Waals surface area (Å²) in [6.07, 6.45) is 0. The predicted octanol–water partition coefficient (Wildman–Crippen LogP) is 4.65. The minimum Gasteiger partial charge on any atom is -0.489 e. The van der Waals surface area contributed by atoms with Crippen LogP contribution >= 0.6 is 31.9 Å².